The van der Waals surface area contributed by atoms with E-state index in [-0.39, 0.29) is 0 Å². The van der Waals surface area contributed by atoms with Gasteiger partial charge < -0.3 is 10.3 Å². The lowest BCUT2D eigenvalue weighted by Gasteiger charge is -2.25. The van der Waals surface area contributed by atoms with Crippen LogP contribution in [0.2, 0.25) is 0 Å². The monoisotopic (exact) mass is 243 g/mol. The smallest absolute Gasteiger partial charge is 0.106 e. The third kappa shape index (κ3) is 1.88. The first-order valence-corrected chi connectivity index (χ1v) is 6.80. The predicted octanol–water partition coefficient (Wildman–Crippen LogP) is 3.51. The van der Waals surface area contributed by atoms with Crippen LogP contribution in [0.3, 0.4) is 0 Å². The van der Waals surface area contributed by atoms with Crippen LogP contribution in [0.1, 0.15) is 38.4 Å². The number of benzene rings is 1. The van der Waals surface area contributed by atoms with Crippen molar-refractivity contribution in [2.75, 3.05) is 5.73 Å². The molecule has 3 heteroatoms. The summed E-state index contributed by atoms with van der Waals surface area (Å²) in [6.07, 6.45) is 5.41. The molecule has 0 amide bonds. The number of aryl methyl sites for hydroxylation is 1. The van der Waals surface area contributed by atoms with Crippen molar-refractivity contribution >= 4 is 16.7 Å². The Hall–Kier alpha value is -1.51. The summed E-state index contributed by atoms with van der Waals surface area (Å²) in [6.45, 7) is 5.58. The minimum atomic E-state index is 0.444. The largest absolute Gasteiger partial charge is 0.399 e. The first kappa shape index (κ1) is 11.6. The summed E-state index contributed by atoms with van der Waals surface area (Å²) >= 11 is 0. The van der Waals surface area contributed by atoms with Crippen LogP contribution in [0, 0.1) is 12.3 Å². The highest BCUT2D eigenvalue weighted by atomic mass is 15.1. The van der Waals surface area contributed by atoms with E-state index in [9.17, 15) is 0 Å². The summed E-state index contributed by atoms with van der Waals surface area (Å²) in [5, 5.41) is 0. The van der Waals surface area contributed by atoms with E-state index in [1.54, 1.807) is 0 Å². The molecule has 3 rings (SSSR count). The molecule has 0 saturated heterocycles. The average molecular weight is 243 g/mol. The molecule has 1 fully saturated rings. The molecular weight excluding hydrogens is 222 g/mol. The number of hydrogen-bond acceptors (Lipinski definition) is 2. The van der Waals surface area contributed by atoms with Gasteiger partial charge in [0.05, 0.1) is 11.0 Å². The Morgan fingerprint density at radius 2 is 2.06 bits per heavy atom. The van der Waals surface area contributed by atoms with Gasteiger partial charge in [0.1, 0.15) is 5.82 Å². The summed E-state index contributed by atoms with van der Waals surface area (Å²) in [4.78, 5) is 4.63. The van der Waals surface area contributed by atoms with Gasteiger partial charge >= 0.3 is 0 Å². The quantitative estimate of drug-likeness (QED) is 0.820. The molecule has 2 aromatic rings. The molecule has 96 valence electrons. The van der Waals surface area contributed by atoms with Gasteiger partial charge in [0, 0.05) is 12.2 Å². The zero-order chi connectivity index (χ0) is 12.8. The van der Waals surface area contributed by atoms with Crippen molar-refractivity contribution in [3.8, 4) is 0 Å². The van der Waals surface area contributed by atoms with Gasteiger partial charge in [-0.05, 0) is 43.4 Å². The molecule has 1 saturated carbocycles. The number of imidazole rings is 1. The van der Waals surface area contributed by atoms with E-state index in [2.05, 4.69) is 29.5 Å². The maximum atomic E-state index is 5.82. The Balaban J connectivity index is 2.03. The molecule has 1 aliphatic carbocycles. The second-order valence-electron chi connectivity index (χ2n) is 6.01. The molecular formula is C15H21N3. The van der Waals surface area contributed by atoms with E-state index in [0.29, 0.717) is 5.41 Å². The number of nitrogens with two attached hydrogens (primary N) is 1. The van der Waals surface area contributed by atoms with Crippen molar-refractivity contribution in [3.63, 3.8) is 0 Å². The summed E-state index contributed by atoms with van der Waals surface area (Å²) in [6, 6.07) is 6.04. The van der Waals surface area contributed by atoms with Gasteiger partial charge in [-0.2, -0.15) is 0 Å². The molecule has 0 unspecified atom stereocenters. The van der Waals surface area contributed by atoms with Crippen molar-refractivity contribution < 1.29 is 0 Å². The second-order valence-corrected chi connectivity index (χ2v) is 6.01. The van der Waals surface area contributed by atoms with Gasteiger partial charge in [-0.15, -0.1) is 0 Å². The Bertz CT molecular complexity index is 577. The Morgan fingerprint density at radius 1 is 1.33 bits per heavy atom. The SMILES string of the molecule is Cc1nc2cc(N)ccc2n1CC1(C)CCCC1. The van der Waals surface area contributed by atoms with Crippen LogP contribution in [0.25, 0.3) is 11.0 Å². The molecule has 0 spiro atoms. The number of hydrogen-bond donors (Lipinski definition) is 1. The lowest BCUT2D eigenvalue weighted by Crippen LogP contribution is -2.20. The lowest BCUT2D eigenvalue weighted by molar-refractivity contribution is 0.283. The average Bonchev–Trinajstić information content (AvgIpc) is 2.85. The fraction of sp³-hybridized carbons (Fsp3) is 0.533. The Kier molecular flexibility index (Phi) is 2.58. The van der Waals surface area contributed by atoms with Gasteiger partial charge in [-0.3, -0.25) is 0 Å². The van der Waals surface area contributed by atoms with Crippen LogP contribution in [-0.2, 0) is 6.54 Å². The zero-order valence-electron chi connectivity index (χ0n) is 11.2. The molecule has 1 aliphatic rings. The molecule has 2 N–H and O–H groups in total. The van der Waals surface area contributed by atoms with E-state index >= 15 is 0 Å². The van der Waals surface area contributed by atoms with E-state index in [1.165, 1.54) is 31.2 Å². The van der Waals surface area contributed by atoms with Gasteiger partial charge in [0.25, 0.3) is 0 Å². The number of rotatable bonds is 2. The van der Waals surface area contributed by atoms with Crippen molar-refractivity contribution in [3.05, 3.63) is 24.0 Å². The number of nitrogens with zero attached hydrogens (tertiary/aromatic N) is 2. The predicted molar refractivity (Wildman–Crippen MR) is 75.5 cm³/mol. The minimum Gasteiger partial charge on any atom is -0.399 e. The molecule has 0 atom stereocenters. The van der Waals surface area contributed by atoms with E-state index < -0.39 is 0 Å². The highest BCUT2D eigenvalue weighted by molar-refractivity contribution is 5.79. The molecule has 1 aromatic carbocycles. The third-order valence-corrected chi connectivity index (χ3v) is 4.31. The summed E-state index contributed by atoms with van der Waals surface area (Å²) in [5.41, 5.74) is 9.30. The van der Waals surface area contributed by atoms with Crippen LogP contribution in [0.5, 0.6) is 0 Å². The zero-order valence-corrected chi connectivity index (χ0v) is 11.2. The van der Waals surface area contributed by atoms with Gasteiger partial charge in [-0.25, -0.2) is 4.98 Å². The van der Waals surface area contributed by atoms with Crippen LogP contribution in [0.4, 0.5) is 5.69 Å². The Morgan fingerprint density at radius 3 is 2.78 bits per heavy atom. The van der Waals surface area contributed by atoms with E-state index in [4.69, 9.17) is 5.73 Å². The molecule has 0 aliphatic heterocycles. The van der Waals surface area contributed by atoms with Crippen molar-refractivity contribution in [2.45, 2.75) is 46.1 Å². The fourth-order valence-corrected chi connectivity index (χ4v) is 3.24. The lowest BCUT2D eigenvalue weighted by atomic mass is 9.89. The van der Waals surface area contributed by atoms with Crippen LogP contribution in [0.15, 0.2) is 18.2 Å². The van der Waals surface area contributed by atoms with Gasteiger partial charge in [-0.1, -0.05) is 19.8 Å². The number of fused-ring (bicyclic) bond motifs is 1. The maximum Gasteiger partial charge on any atom is 0.106 e. The van der Waals surface area contributed by atoms with Crippen LogP contribution in [-0.4, -0.2) is 9.55 Å². The first-order chi connectivity index (χ1) is 8.57. The number of nitrogen functional groups attached to an aromatic ring is 1. The van der Waals surface area contributed by atoms with Crippen molar-refractivity contribution in [1.29, 1.82) is 0 Å². The normalized spacial score (nSPS) is 18.6. The highest BCUT2D eigenvalue weighted by Gasteiger charge is 2.29. The molecule has 3 nitrogen and oxygen atoms in total. The van der Waals surface area contributed by atoms with Crippen LogP contribution < -0.4 is 5.73 Å². The summed E-state index contributed by atoms with van der Waals surface area (Å²) in [7, 11) is 0. The summed E-state index contributed by atoms with van der Waals surface area (Å²) in [5.74, 6) is 1.10. The summed E-state index contributed by atoms with van der Waals surface area (Å²) < 4.78 is 2.36. The van der Waals surface area contributed by atoms with E-state index in [0.717, 1.165) is 23.6 Å². The second kappa shape index (κ2) is 4.01. The molecule has 0 radical (unpaired) electrons. The van der Waals surface area contributed by atoms with Gasteiger partial charge in [0.15, 0.2) is 0 Å². The fourth-order valence-electron chi connectivity index (χ4n) is 3.24. The highest BCUT2D eigenvalue weighted by Crippen LogP contribution is 2.39. The molecule has 0 bridgehead atoms. The molecule has 1 aromatic heterocycles. The molecule has 1 heterocycles. The number of anilines is 1. The van der Waals surface area contributed by atoms with Gasteiger partial charge in [0.2, 0.25) is 0 Å². The minimum absolute atomic E-state index is 0.444. The topological polar surface area (TPSA) is 43.8 Å². The van der Waals surface area contributed by atoms with E-state index in [1.807, 2.05) is 12.1 Å². The third-order valence-electron chi connectivity index (χ3n) is 4.31. The number of aromatic nitrogens is 2. The standard InChI is InChI=1S/C15H21N3/c1-11-17-13-9-12(16)5-6-14(13)18(11)10-15(2)7-3-4-8-15/h5-6,9H,3-4,7-8,10,16H2,1-2H3. The van der Waals surface area contributed by atoms with Crippen LogP contribution >= 0.6 is 0 Å². The van der Waals surface area contributed by atoms with Crippen molar-refractivity contribution in [2.24, 2.45) is 5.41 Å². The molecule has 18 heavy (non-hydrogen) atoms. The van der Waals surface area contributed by atoms with Crippen molar-refractivity contribution in [1.82, 2.24) is 9.55 Å². The maximum absolute atomic E-state index is 5.82. The first-order valence-electron chi connectivity index (χ1n) is 6.80. The Labute approximate surface area is 108 Å².